The van der Waals surface area contributed by atoms with Crippen molar-refractivity contribution in [1.82, 2.24) is 4.90 Å². The monoisotopic (exact) mass is 279 g/mol. The van der Waals surface area contributed by atoms with Crippen molar-refractivity contribution in [3.63, 3.8) is 0 Å². The number of rotatable bonds is 3. The number of carboxylic acids is 1. The van der Waals surface area contributed by atoms with E-state index in [4.69, 9.17) is 5.11 Å². The third-order valence-electron chi connectivity index (χ3n) is 3.34. The number of carboxylic acid groups (broad SMARTS) is 1. The van der Waals surface area contributed by atoms with Gasteiger partial charge in [0.15, 0.2) is 0 Å². The Kier molecular flexibility index (Phi) is 4.14. The van der Waals surface area contributed by atoms with Crippen LogP contribution in [0, 0.1) is 6.92 Å². The molecule has 1 saturated heterocycles. The highest BCUT2D eigenvalue weighted by Crippen LogP contribution is 2.23. The Bertz CT molecular complexity index is 509. The molecule has 5 heteroatoms. The summed E-state index contributed by atoms with van der Waals surface area (Å²) >= 11 is 1.85. The molecular weight excluding hydrogens is 262 g/mol. The summed E-state index contributed by atoms with van der Waals surface area (Å²) in [5.41, 5.74) is 1.41. The molecule has 1 aliphatic heterocycles. The number of carbonyl (C=O) groups is 2. The lowest BCUT2D eigenvalue weighted by Gasteiger charge is -2.24. The van der Waals surface area contributed by atoms with E-state index in [9.17, 15) is 9.59 Å². The molecular formula is C14H17NO3S. The summed E-state index contributed by atoms with van der Waals surface area (Å²) in [6.07, 6.45) is 1.00. The van der Waals surface area contributed by atoms with Crippen molar-refractivity contribution in [2.75, 3.05) is 18.6 Å². The second-order valence-electron chi connectivity index (χ2n) is 4.83. The Morgan fingerprint density at radius 2 is 2.00 bits per heavy atom. The number of amides is 1. The lowest BCUT2D eigenvalue weighted by Crippen LogP contribution is -2.37. The number of hydrogen-bond donors (Lipinski definition) is 1. The predicted molar refractivity (Wildman–Crippen MR) is 76.0 cm³/mol. The van der Waals surface area contributed by atoms with E-state index in [1.807, 2.05) is 11.8 Å². The molecule has 2 rings (SSSR count). The zero-order valence-electron chi connectivity index (χ0n) is 11.0. The summed E-state index contributed by atoms with van der Waals surface area (Å²) in [7, 11) is 1.79. The standard InChI is InChI=1S/C14H17NO3S/c1-9-5-10(7-11(6-9)14(17)18)13(16)15(2)12-3-4-19-8-12/h5-7,12H,3-4,8H2,1-2H3,(H,17,18). The molecule has 1 heterocycles. The first kappa shape index (κ1) is 13.9. The van der Waals surface area contributed by atoms with Gasteiger partial charge in [0.1, 0.15) is 0 Å². The van der Waals surface area contributed by atoms with Gasteiger partial charge in [0.05, 0.1) is 5.56 Å². The molecule has 0 aromatic heterocycles. The fourth-order valence-corrected chi connectivity index (χ4v) is 3.49. The van der Waals surface area contributed by atoms with Crippen molar-refractivity contribution in [1.29, 1.82) is 0 Å². The summed E-state index contributed by atoms with van der Waals surface area (Å²) in [5, 5.41) is 9.04. The van der Waals surface area contributed by atoms with Crippen LogP contribution in [-0.4, -0.2) is 46.5 Å². The highest BCUT2D eigenvalue weighted by Gasteiger charge is 2.25. The third-order valence-corrected chi connectivity index (χ3v) is 4.49. The highest BCUT2D eigenvalue weighted by molar-refractivity contribution is 7.99. The molecule has 1 N–H and O–H groups in total. The van der Waals surface area contributed by atoms with Gasteiger partial charge in [-0.1, -0.05) is 0 Å². The number of nitrogens with zero attached hydrogens (tertiary/aromatic N) is 1. The first-order valence-corrected chi connectivity index (χ1v) is 7.34. The molecule has 19 heavy (non-hydrogen) atoms. The summed E-state index contributed by atoms with van der Waals surface area (Å²) in [6, 6.07) is 5.03. The topological polar surface area (TPSA) is 57.6 Å². The van der Waals surface area contributed by atoms with E-state index in [2.05, 4.69) is 0 Å². The predicted octanol–water partition coefficient (Wildman–Crippen LogP) is 2.27. The van der Waals surface area contributed by atoms with Crippen molar-refractivity contribution in [2.24, 2.45) is 0 Å². The normalized spacial score (nSPS) is 18.3. The number of carbonyl (C=O) groups excluding carboxylic acids is 1. The average molecular weight is 279 g/mol. The van der Waals surface area contributed by atoms with E-state index >= 15 is 0 Å². The van der Waals surface area contributed by atoms with Crippen LogP contribution in [0.25, 0.3) is 0 Å². The van der Waals surface area contributed by atoms with Crippen molar-refractivity contribution in [2.45, 2.75) is 19.4 Å². The van der Waals surface area contributed by atoms with E-state index in [0.29, 0.717) is 5.56 Å². The van der Waals surface area contributed by atoms with Crippen LogP contribution >= 0.6 is 11.8 Å². The zero-order valence-corrected chi connectivity index (χ0v) is 11.9. The summed E-state index contributed by atoms with van der Waals surface area (Å²) in [5.74, 6) is 0.937. The van der Waals surface area contributed by atoms with Crippen LogP contribution in [0.15, 0.2) is 18.2 Å². The lowest BCUT2D eigenvalue weighted by atomic mass is 10.0. The highest BCUT2D eigenvalue weighted by atomic mass is 32.2. The quantitative estimate of drug-likeness (QED) is 0.922. The third kappa shape index (κ3) is 3.10. The van der Waals surface area contributed by atoms with Gasteiger partial charge in [0.25, 0.3) is 5.91 Å². The Labute approximate surface area is 116 Å². The maximum absolute atomic E-state index is 12.4. The van der Waals surface area contributed by atoms with Crippen LogP contribution < -0.4 is 0 Å². The van der Waals surface area contributed by atoms with E-state index in [0.717, 1.165) is 23.5 Å². The second-order valence-corrected chi connectivity index (χ2v) is 5.98. The van der Waals surface area contributed by atoms with E-state index in [1.54, 1.807) is 31.0 Å². The fraction of sp³-hybridized carbons (Fsp3) is 0.429. The van der Waals surface area contributed by atoms with E-state index in [1.165, 1.54) is 6.07 Å². The van der Waals surface area contributed by atoms with Gasteiger partial charge in [-0.25, -0.2) is 4.79 Å². The van der Waals surface area contributed by atoms with Gasteiger partial charge in [-0.15, -0.1) is 0 Å². The minimum absolute atomic E-state index is 0.0984. The minimum Gasteiger partial charge on any atom is -0.478 e. The summed E-state index contributed by atoms with van der Waals surface area (Å²) in [6.45, 7) is 1.80. The van der Waals surface area contributed by atoms with Crippen LogP contribution in [0.3, 0.4) is 0 Å². The van der Waals surface area contributed by atoms with Gasteiger partial charge in [0, 0.05) is 24.4 Å². The number of benzene rings is 1. The average Bonchev–Trinajstić information content (AvgIpc) is 2.90. The van der Waals surface area contributed by atoms with Crippen LogP contribution in [-0.2, 0) is 0 Å². The van der Waals surface area contributed by atoms with Crippen molar-refractivity contribution in [3.05, 3.63) is 34.9 Å². The molecule has 1 fully saturated rings. The smallest absolute Gasteiger partial charge is 0.335 e. The largest absolute Gasteiger partial charge is 0.478 e. The van der Waals surface area contributed by atoms with E-state index < -0.39 is 5.97 Å². The van der Waals surface area contributed by atoms with Gasteiger partial charge in [0.2, 0.25) is 0 Å². The fourth-order valence-electron chi connectivity index (χ4n) is 2.23. The molecule has 1 unspecified atom stereocenters. The Morgan fingerprint density at radius 3 is 2.58 bits per heavy atom. The maximum Gasteiger partial charge on any atom is 0.335 e. The summed E-state index contributed by atoms with van der Waals surface area (Å²) in [4.78, 5) is 25.1. The van der Waals surface area contributed by atoms with Crippen molar-refractivity contribution >= 4 is 23.6 Å². The van der Waals surface area contributed by atoms with Gasteiger partial charge in [-0.3, -0.25) is 4.79 Å². The minimum atomic E-state index is -1.00. The molecule has 0 radical (unpaired) electrons. The first-order valence-electron chi connectivity index (χ1n) is 6.19. The maximum atomic E-state index is 12.4. The molecule has 1 aromatic carbocycles. The Hall–Kier alpha value is -1.49. The summed E-state index contributed by atoms with van der Waals surface area (Å²) < 4.78 is 0. The van der Waals surface area contributed by atoms with Crippen LogP contribution in [0.2, 0.25) is 0 Å². The molecule has 1 aromatic rings. The van der Waals surface area contributed by atoms with Gasteiger partial charge >= 0.3 is 5.97 Å². The van der Waals surface area contributed by atoms with Crippen LogP contribution in [0.4, 0.5) is 0 Å². The number of thioether (sulfide) groups is 1. The molecule has 0 spiro atoms. The second kappa shape index (κ2) is 5.65. The molecule has 4 nitrogen and oxygen atoms in total. The van der Waals surface area contributed by atoms with Crippen molar-refractivity contribution in [3.8, 4) is 0 Å². The molecule has 1 amide bonds. The van der Waals surface area contributed by atoms with Crippen LogP contribution in [0.1, 0.15) is 32.7 Å². The van der Waals surface area contributed by atoms with Gasteiger partial charge in [-0.05, 0) is 42.9 Å². The number of aromatic carboxylic acids is 1. The SMILES string of the molecule is Cc1cc(C(=O)O)cc(C(=O)N(C)C2CCSC2)c1. The molecule has 0 saturated carbocycles. The molecule has 1 atom stereocenters. The molecule has 1 aliphatic rings. The first-order chi connectivity index (χ1) is 8.99. The molecule has 0 aliphatic carbocycles. The van der Waals surface area contributed by atoms with E-state index in [-0.39, 0.29) is 17.5 Å². The van der Waals surface area contributed by atoms with Crippen molar-refractivity contribution < 1.29 is 14.7 Å². The Morgan fingerprint density at radius 1 is 1.32 bits per heavy atom. The van der Waals surface area contributed by atoms with Gasteiger partial charge in [-0.2, -0.15) is 11.8 Å². The Balaban J connectivity index is 2.25. The zero-order chi connectivity index (χ0) is 14.0. The molecule has 102 valence electrons. The van der Waals surface area contributed by atoms with Gasteiger partial charge < -0.3 is 10.0 Å². The lowest BCUT2D eigenvalue weighted by molar-refractivity contribution is 0.0696. The van der Waals surface area contributed by atoms with Crippen LogP contribution in [0.5, 0.6) is 0 Å². The number of hydrogen-bond acceptors (Lipinski definition) is 3. The molecule has 0 bridgehead atoms. The number of aryl methyl sites for hydroxylation is 1.